The van der Waals surface area contributed by atoms with Gasteiger partial charge in [0.1, 0.15) is 0 Å². The molecule has 0 radical (unpaired) electrons. The van der Waals surface area contributed by atoms with Crippen LogP contribution in [-0.2, 0) is 14.3 Å². The molecule has 0 aromatic carbocycles. The molecule has 0 aromatic rings. The van der Waals surface area contributed by atoms with Crippen LogP contribution in [0.4, 0.5) is 0 Å². The van der Waals surface area contributed by atoms with Gasteiger partial charge in [-0.3, -0.25) is 4.79 Å². The van der Waals surface area contributed by atoms with Gasteiger partial charge in [0.05, 0.1) is 0 Å². The Balaban J connectivity index is 3.66. The standard InChI is InChI=1S/C36H64O4/c1-3-5-7-9-11-13-15-17-19-21-23-25-27-29-31-33-35(37)40-34(36(38)39)32-30-28-26-24-22-20-18-16-14-12-10-8-6-4-2/h11,13,17-20,34H,3-10,12,14-16,21-33H2,1-2H3,(H,38,39)/b13-11-,19-17-,20-18-/t34-/m1/s1. The molecule has 0 aromatic heterocycles. The number of unbranched alkanes of at least 4 members (excludes halogenated alkanes) is 18. The molecule has 0 aliphatic carbocycles. The minimum absolute atomic E-state index is 0.319. The summed E-state index contributed by atoms with van der Waals surface area (Å²) in [6.07, 6.45) is 40.2. The van der Waals surface area contributed by atoms with Crippen LogP contribution in [0.5, 0.6) is 0 Å². The van der Waals surface area contributed by atoms with Crippen LogP contribution >= 0.6 is 0 Å². The average molecular weight is 561 g/mol. The predicted molar refractivity (Wildman–Crippen MR) is 172 cm³/mol. The molecule has 0 rings (SSSR count). The summed E-state index contributed by atoms with van der Waals surface area (Å²) in [7, 11) is 0. The van der Waals surface area contributed by atoms with Gasteiger partial charge in [-0.2, -0.15) is 0 Å². The van der Waals surface area contributed by atoms with E-state index in [2.05, 4.69) is 50.3 Å². The van der Waals surface area contributed by atoms with Crippen LogP contribution in [0.2, 0.25) is 0 Å². The first-order valence-corrected chi connectivity index (χ1v) is 17.0. The van der Waals surface area contributed by atoms with Gasteiger partial charge in [0.2, 0.25) is 0 Å². The first kappa shape index (κ1) is 38.2. The van der Waals surface area contributed by atoms with Crippen molar-refractivity contribution in [1.82, 2.24) is 0 Å². The molecular weight excluding hydrogens is 496 g/mol. The molecule has 0 unspecified atom stereocenters. The van der Waals surface area contributed by atoms with Crippen LogP contribution < -0.4 is 0 Å². The number of carbonyl (C=O) groups excluding carboxylic acids is 1. The molecule has 1 atom stereocenters. The number of ether oxygens (including phenoxy) is 1. The Morgan fingerprint density at radius 2 is 0.950 bits per heavy atom. The maximum absolute atomic E-state index is 12.1. The fourth-order valence-corrected chi connectivity index (χ4v) is 4.75. The summed E-state index contributed by atoms with van der Waals surface area (Å²) in [5.74, 6) is -1.39. The van der Waals surface area contributed by atoms with Gasteiger partial charge in [-0.15, -0.1) is 0 Å². The van der Waals surface area contributed by atoms with Crippen LogP contribution in [0.15, 0.2) is 36.5 Å². The third-order valence-corrected chi connectivity index (χ3v) is 7.36. The predicted octanol–water partition coefficient (Wildman–Crippen LogP) is 11.4. The van der Waals surface area contributed by atoms with E-state index in [4.69, 9.17) is 4.74 Å². The van der Waals surface area contributed by atoms with Gasteiger partial charge in [-0.25, -0.2) is 4.79 Å². The monoisotopic (exact) mass is 560 g/mol. The number of carboxylic acids is 1. The number of rotatable bonds is 30. The van der Waals surface area contributed by atoms with E-state index in [1.165, 1.54) is 83.5 Å². The van der Waals surface area contributed by atoms with Crippen molar-refractivity contribution in [3.63, 3.8) is 0 Å². The summed E-state index contributed by atoms with van der Waals surface area (Å²) >= 11 is 0. The Morgan fingerprint density at radius 3 is 1.48 bits per heavy atom. The number of hydrogen-bond donors (Lipinski definition) is 1. The molecule has 0 aliphatic heterocycles. The van der Waals surface area contributed by atoms with Crippen LogP contribution in [0.1, 0.15) is 174 Å². The molecule has 4 heteroatoms. The molecule has 4 nitrogen and oxygen atoms in total. The average Bonchev–Trinajstić information content (AvgIpc) is 2.94. The molecule has 0 saturated carbocycles. The van der Waals surface area contributed by atoms with E-state index in [9.17, 15) is 14.7 Å². The van der Waals surface area contributed by atoms with Gasteiger partial charge in [-0.05, 0) is 77.0 Å². The van der Waals surface area contributed by atoms with E-state index >= 15 is 0 Å². The minimum atomic E-state index is -1.02. The third kappa shape index (κ3) is 29.2. The molecule has 0 heterocycles. The summed E-state index contributed by atoms with van der Waals surface area (Å²) in [6.45, 7) is 4.49. The number of esters is 1. The van der Waals surface area contributed by atoms with E-state index < -0.39 is 12.1 Å². The van der Waals surface area contributed by atoms with Gasteiger partial charge in [0.25, 0.3) is 0 Å². The number of hydrogen-bond acceptors (Lipinski definition) is 3. The zero-order valence-electron chi connectivity index (χ0n) is 26.4. The lowest BCUT2D eigenvalue weighted by Gasteiger charge is -2.13. The first-order valence-electron chi connectivity index (χ1n) is 17.0. The highest BCUT2D eigenvalue weighted by Gasteiger charge is 2.21. The molecule has 0 spiro atoms. The Bertz CT molecular complexity index is 649. The third-order valence-electron chi connectivity index (χ3n) is 7.36. The SMILES string of the molecule is CCCCC/C=C\C/C=C\CCCCCCCC(=O)O[C@H](CCCCCC/C=C\CCCCCCCC)C(=O)O. The Kier molecular flexibility index (Phi) is 30.2. The second-order valence-corrected chi connectivity index (χ2v) is 11.3. The zero-order valence-corrected chi connectivity index (χ0v) is 26.4. The second-order valence-electron chi connectivity index (χ2n) is 11.3. The summed E-state index contributed by atoms with van der Waals surface area (Å²) < 4.78 is 5.28. The van der Waals surface area contributed by atoms with E-state index in [0.29, 0.717) is 12.8 Å². The molecule has 232 valence electrons. The van der Waals surface area contributed by atoms with Gasteiger partial charge in [0, 0.05) is 6.42 Å². The summed E-state index contributed by atoms with van der Waals surface area (Å²) in [4.78, 5) is 23.6. The number of aliphatic carboxylic acids is 1. The molecule has 40 heavy (non-hydrogen) atoms. The Morgan fingerprint density at radius 1 is 0.550 bits per heavy atom. The van der Waals surface area contributed by atoms with Gasteiger partial charge in [0.15, 0.2) is 6.10 Å². The maximum atomic E-state index is 12.1. The second kappa shape index (κ2) is 31.7. The number of carboxylic acid groups (broad SMARTS) is 1. The molecule has 0 amide bonds. The van der Waals surface area contributed by atoms with Crippen LogP contribution in [0.3, 0.4) is 0 Å². The van der Waals surface area contributed by atoms with Crippen LogP contribution in [-0.4, -0.2) is 23.1 Å². The van der Waals surface area contributed by atoms with Gasteiger partial charge >= 0.3 is 11.9 Å². The van der Waals surface area contributed by atoms with Gasteiger partial charge in [-0.1, -0.05) is 127 Å². The Labute approximate surface area is 248 Å². The van der Waals surface area contributed by atoms with E-state index in [0.717, 1.165) is 64.2 Å². The molecule has 0 saturated heterocycles. The van der Waals surface area contributed by atoms with Crippen molar-refractivity contribution < 1.29 is 19.4 Å². The summed E-state index contributed by atoms with van der Waals surface area (Å²) in [5.41, 5.74) is 0. The fourth-order valence-electron chi connectivity index (χ4n) is 4.75. The molecular formula is C36H64O4. The normalized spacial score (nSPS) is 12.7. The smallest absolute Gasteiger partial charge is 0.345 e. The van der Waals surface area contributed by atoms with Crippen LogP contribution in [0, 0.1) is 0 Å². The first-order chi connectivity index (χ1) is 19.6. The van der Waals surface area contributed by atoms with Crippen LogP contribution in [0.25, 0.3) is 0 Å². The highest BCUT2D eigenvalue weighted by atomic mass is 16.6. The highest BCUT2D eigenvalue weighted by molar-refractivity contribution is 5.77. The Hall–Kier alpha value is -1.84. The summed E-state index contributed by atoms with van der Waals surface area (Å²) in [5, 5.41) is 9.43. The van der Waals surface area contributed by atoms with Crippen molar-refractivity contribution in [2.24, 2.45) is 0 Å². The topological polar surface area (TPSA) is 63.6 Å². The van der Waals surface area contributed by atoms with Crippen molar-refractivity contribution in [3.05, 3.63) is 36.5 Å². The minimum Gasteiger partial charge on any atom is -0.479 e. The lowest BCUT2D eigenvalue weighted by atomic mass is 10.1. The maximum Gasteiger partial charge on any atom is 0.345 e. The van der Waals surface area contributed by atoms with Crippen molar-refractivity contribution in [3.8, 4) is 0 Å². The fraction of sp³-hybridized carbons (Fsp3) is 0.778. The van der Waals surface area contributed by atoms with Crippen molar-refractivity contribution in [2.45, 2.75) is 180 Å². The lowest BCUT2D eigenvalue weighted by Crippen LogP contribution is -2.27. The summed E-state index contributed by atoms with van der Waals surface area (Å²) in [6, 6.07) is 0. The molecule has 0 fully saturated rings. The molecule has 0 bridgehead atoms. The van der Waals surface area contributed by atoms with E-state index in [1.54, 1.807) is 0 Å². The number of carbonyl (C=O) groups is 2. The van der Waals surface area contributed by atoms with Crippen molar-refractivity contribution in [1.29, 1.82) is 0 Å². The number of allylic oxidation sites excluding steroid dienone is 6. The van der Waals surface area contributed by atoms with E-state index in [1.807, 2.05) is 0 Å². The van der Waals surface area contributed by atoms with E-state index in [-0.39, 0.29) is 5.97 Å². The highest BCUT2D eigenvalue weighted by Crippen LogP contribution is 2.14. The zero-order chi connectivity index (χ0) is 29.4. The lowest BCUT2D eigenvalue weighted by molar-refractivity contribution is -0.164. The quantitative estimate of drug-likeness (QED) is 0.0539. The van der Waals surface area contributed by atoms with Crippen molar-refractivity contribution >= 4 is 11.9 Å². The van der Waals surface area contributed by atoms with Crippen molar-refractivity contribution in [2.75, 3.05) is 0 Å². The molecule has 0 aliphatic rings. The van der Waals surface area contributed by atoms with Gasteiger partial charge < -0.3 is 9.84 Å². The molecule has 1 N–H and O–H groups in total. The largest absolute Gasteiger partial charge is 0.479 e.